The van der Waals surface area contributed by atoms with Crippen molar-refractivity contribution in [1.82, 2.24) is 9.97 Å². The Morgan fingerprint density at radius 2 is 1.79 bits per heavy atom. The molecule has 0 unspecified atom stereocenters. The van der Waals surface area contributed by atoms with Crippen LogP contribution in [0.1, 0.15) is 31.2 Å². The Balaban J connectivity index is 2.67. The van der Waals surface area contributed by atoms with Gasteiger partial charge in [0.15, 0.2) is 0 Å². The predicted molar refractivity (Wildman–Crippen MR) is 60.7 cm³/mol. The fourth-order valence-electron chi connectivity index (χ4n) is 1.27. The third kappa shape index (κ3) is 3.97. The molecule has 106 valence electrons. The van der Waals surface area contributed by atoms with Crippen molar-refractivity contribution >= 4 is 5.57 Å². The van der Waals surface area contributed by atoms with Crippen molar-refractivity contribution in [3.63, 3.8) is 0 Å². The Bertz CT molecular complexity index is 436. The number of nitrogens with zero attached hydrogens (tertiary/aromatic N) is 2. The zero-order valence-electron chi connectivity index (χ0n) is 10.3. The molecular weight excluding hydrogens is 267 g/mol. The highest BCUT2D eigenvalue weighted by Crippen LogP contribution is 2.38. The maximum atomic E-state index is 12.7. The molecule has 0 aliphatic carbocycles. The fourth-order valence-corrected chi connectivity index (χ4v) is 1.27. The first-order valence-electron chi connectivity index (χ1n) is 5.61. The molecule has 1 rings (SSSR count). The summed E-state index contributed by atoms with van der Waals surface area (Å²) in [5, 5.41) is 0. The molecule has 0 atom stereocenters. The zero-order valence-corrected chi connectivity index (χ0v) is 10.3. The summed E-state index contributed by atoms with van der Waals surface area (Å²) in [6.45, 7) is 5.58. The van der Waals surface area contributed by atoms with E-state index in [1.54, 1.807) is 0 Å². The molecule has 0 radical (unpaired) electrons. The lowest BCUT2D eigenvalue weighted by Gasteiger charge is -2.18. The van der Waals surface area contributed by atoms with Crippen LogP contribution in [0.15, 0.2) is 19.0 Å². The van der Waals surface area contributed by atoms with Crippen molar-refractivity contribution < 1.29 is 22.0 Å². The van der Waals surface area contributed by atoms with E-state index in [0.29, 0.717) is 12.1 Å². The minimum atomic E-state index is -5.53. The Labute approximate surface area is 107 Å². The molecule has 0 spiro atoms. The molecule has 0 fully saturated rings. The van der Waals surface area contributed by atoms with Gasteiger partial charge in [0.05, 0.1) is 17.6 Å². The molecule has 7 heteroatoms. The fraction of sp³-hybridized carbons (Fsp3) is 0.500. The highest BCUT2D eigenvalue weighted by molar-refractivity contribution is 5.58. The van der Waals surface area contributed by atoms with Crippen molar-refractivity contribution in [2.75, 3.05) is 0 Å². The van der Waals surface area contributed by atoms with Crippen LogP contribution in [0.2, 0.25) is 0 Å². The van der Waals surface area contributed by atoms with Crippen molar-refractivity contribution in [2.45, 2.75) is 38.3 Å². The van der Waals surface area contributed by atoms with E-state index in [4.69, 9.17) is 0 Å². The van der Waals surface area contributed by atoms with Gasteiger partial charge in [-0.3, -0.25) is 9.97 Å². The van der Waals surface area contributed by atoms with Gasteiger partial charge in [0.25, 0.3) is 0 Å². The lowest BCUT2D eigenvalue weighted by molar-refractivity contribution is -0.284. The Morgan fingerprint density at radius 1 is 1.16 bits per heavy atom. The normalized spacial score (nSPS) is 12.5. The van der Waals surface area contributed by atoms with E-state index in [0.717, 1.165) is 5.57 Å². The van der Waals surface area contributed by atoms with Crippen molar-refractivity contribution in [2.24, 2.45) is 0 Å². The molecule has 0 aromatic carbocycles. The van der Waals surface area contributed by atoms with Crippen LogP contribution in [0, 0.1) is 0 Å². The van der Waals surface area contributed by atoms with E-state index >= 15 is 0 Å². The SMILES string of the molecule is C=C(CC)c1cnc(CCC(F)(F)C(F)(F)F)cn1. The van der Waals surface area contributed by atoms with Gasteiger partial charge in [-0.25, -0.2) is 0 Å². The number of aryl methyl sites for hydroxylation is 1. The summed E-state index contributed by atoms with van der Waals surface area (Å²) in [6, 6.07) is 0. The number of aromatic nitrogens is 2. The summed E-state index contributed by atoms with van der Waals surface area (Å²) < 4.78 is 61.2. The number of rotatable bonds is 5. The van der Waals surface area contributed by atoms with Gasteiger partial charge in [-0.1, -0.05) is 13.5 Å². The van der Waals surface area contributed by atoms with Crippen LogP contribution < -0.4 is 0 Å². The smallest absolute Gasteiger partial charge is 0.257 e. The Morgan fingerprint density at radius 3 is 2.21 bits per heavy atom. The summed E-state index contributed by atoms with van der Waals surface area (Å²) >= 11 is 0. The van der Waals surface area contributed by atoms with Crippen molar-refractivity contribution in [3.05, 3.63) is 30.4 Å². The summed E-state index contributed by atoms with van der Waals surface area (Å²) in [7, 11) is 0. The van der Waals surface area contributed by atoms with Crippen LogP contribution in [0.5, 0.6) is 0 Å². The molecule has 0 saturated heterocycles. The van der Waals surface area contributed by atoms with Gasteiger partial charge in [-0.2, -0.15) is 22.0 Å². The highest BCUT2D eigenvalue weighted by atomic mass is 19.4. The molecule has 19 heavy (non-hydrogen) atoms. The van der Waals surface area contributed by atoms with E-state index in [9.17, 15) is 22.0 Å². The second-order valence-corrected chi connectivity index (χ2v) is 4.05. The molecule has 1 aromatic heterocycles. The van der Waals surface area contributed by atoms with E-state index in [-0.39, 0.29) is 5.69 Å². The molecule has 0 aliphatic rings. The summed E-state index contributed by atoms with van der Waals surface area (Å²) in [4.78, 5) is 7.73. The summed E-state index contributed by atoms with van der Waals surface area (Å²) in [6.07, 6.45) is -4.18. The maximum Gasteiger partial charge on any atom is 0.453 e. The average Bonchev–Trinajstić information content (AvgIpc) is 2.35. The molecule has 0 amide bonds. The third-order valence-corrected chi connectivity index (χ3v) is 2.60. The first-order valence-corrected chi connectivity index (χ1v) is 5.61. The summed E-state index contributed by atoms with van der Waals surface area (Å²) in [5.41, 5.74) is 1.32. The van der Waals surface area contributed by atoms with Gasteiger partial charge in [0.2, 0.25) is 0 Å². The quantitative estimate of drug-likeness (QED) is 0.761. The second-order valence-electron chi connectivity index (χ2n) is 4.05. The first kappa shape index (κ1) is 15.5. The molecule has 0 bridgehead atoms. The van der Waals surface area contributed by atoms with Crippen LogP contribution in [-0.4, -0.2) is 22.1 Å². The highest BCUT2D eigenvalue weighted by Gasteiger charge is 2.56. The molecule has 0 N–H and O–H groups in total. The lowest BCUT2D eigenvalue weighted by atomic mass is 10.1. The van der Waals surface area contributed by atoms with Crippen LogP contribution in [-0.2, 0) is 6.42 Å². The van der Waals surface area contributed by atoms with Crippen LogP contribution in [0.25, 0.3) is 5.57 Å². The molecule has 0 saturated carbocycles. The minimum absolute atomic E-state index is 0.0941. The number of allylic oxidation sites excluding steroid dienone is 1. The second kappa shape index (κ2) is 5.63. The molecule has 0 aliphatic heterocycles. The predicted octanol–water partition coefficient (Wildman–Crippen LogP) is 4.03. The zero-order chi connectivity index (χ0) is 14.7. The molecule has 1 aromatic rings. The van der Waals surface area contributed by atoms with E-state index in [1.165, 1.54) is 12.4 Å². The third-order valence-electron chi connectivity index (χ3n) is 2.60. The van der Waals surface area contributed by atoms with Gasteiger partial charge in [-0.05, 0) is 18.4 Å². The van der Waals surface area contributed by atoms with E-state index in [2.05, 4.69) is 16.5 Å². The lowest BCUT2D eigenvalue weighted by Crippen LogP contribution is -2.36. The molecule has 1 heterocycles. The van der Waals surface area contributed by atoms with E-state index in [1.807, 2.05) is 6.92 Å². The maximum absolute atomic E-state index is 12.7. The largest absolute Gasteiger partial charge is 0.453 e. The number of hydrogen-bond donors (Lipinski definition) is 0. The van der Waals surface area contributed by atoms with Gasteiger partial charge >= 0.3 is 12.1 Å². The average molecular weight is 280 g/mol. The van der Waals surface area contributed by atoms with Gasteiger partial charge in [0, 0.05) is 12.6 Å². The summed E-state index contributed by atoms with van der Waals surface area (Å²) in [5.74, 6) is -4.71. The topological polar surface area (TPSA) is 25.8 Å². The van der Waals surface area contributed by atoms with Gasteiger partial charge < -0.3 is 0 Å². The standard InChI is InChI=1S/C12H13F5N2/c1-3-8(2)10-7-18-9(6-19-10)4-5-11(13,14)12(15,16)17/h6-7H,2-5H2,1H3. The monoisotopic (exact) mass is 280 g/mol. The number of halogens is 5. The van der Waals surface area contributed by atoms with Crippen molar-refractivity contribution in [1.29, 1.82) is 0 Å². The van der Waals surface area contributed by atoms with Gasteiger partial charge in [0.1, 0.15) is 0 Å². The Hall–Kier alpha value is -1.53. The first-order chi connectivity index (χ1) is 8.67. The number of alkyl halides is 5. The Kier molecular flexibility index (Phi) is 4.60. The van der Waals surface area contributed by atoms with Crippen LogP contribution in [0.4, 0.5) is 22.0 Å². The van der Waals surface area contributed by atoms with Crippen LogP contribution in [0.3, 0.4) is 0 Å². The minimum Gasteiger partial charge on any atom is -0.257 e. The number of hydrogen-bond acceptors (Lipinski definition) is 2. The van der Waals surface area contributed by atoms with Gasteiger partial charge in [-0.15, -0.1) is 0 Å². The van der Waals surface area contributed by atoms with E-state index < -0.39 is 24.9 Å². The molecule has 2 nitrogen and oxygen atoms in total. The van der Waals surface area contributed by atoms with Crippen molar-refractivity contribution in [3.8, 4) is 0 Å². The molecular formula is C12H13F5N2. The van der Waals surface area contributed by atoms with Crippen LogP contribution >= 0.6 is 0 Å².